The Balaban J connectivity index is 0.911. The third-order valence-corrected chi connectivity index (χ3v) is 13.6. The zero-order chi connectivity index (χ0) is 41.4. The van der Waals surface area contributed by atoms with Gasteiger partial charge in [-0.05, 0) is 100 Å². The van der Waals surface area contributed by atoms with Crippen LogP contribution in [0.3, 0.4) is 0 Å². The summed E-state index contributed by atoms with van der Waals surface area (Å²) in [5.41, 5.74) is 15.7. The smallest absolute Gasteiger partial charge is 0.126 e. The van der Waals surface area contributed by atoms with Crippen molar-refractivity contribution in [2.24, 2.45) is 10.9 Å². The van der Waals surface area contributed by atoms with Crippen LogP contribution in [-0.2, 0) is 5.54 Å². The number of allylic oxidation sites excluding steroid dienone is 2. The van der Waals surface area contributed by atoms with Crippen LogP contribution in [0.1, 0.15) is 54.3 Å². The van der Waals surface area contributed by atoms with Gasteiger partial charge in [0, 0.05) is 56.5 Å². The van der Waals surface area contributed by atoms with E-state index in [2.05, 4.69) is 235 Å². The Kier molecular flexibility index (Phi) is 8.51. The van der Waals surface area contributed by atoms with E-state index in [9.17, 15) is 0 Å². The number of hydrogen-bond donors (Lipinski definition) is 1. The number of nitrogens with zero attached hydrogens (tertiary/aromatic N) is 3. The summed E-state index contributed by atoms with van der Waals surface area (Å²) in [6.07, 6.45) is 5.57. The van der Waals surface area contributed by atoms with Gasteiger partial charge in [0.25, 0.3) is 0 Å². The lowest BCUT2D eigenvalue weighted by Gasteiger charge is -2.39. The molecule has 62 heavy (non-hydrogen) atoms. The van der Waals surface area contributed by atoms with Crippen molar-refractivity contribution < 1.29 is 0 Å². The van der Waals surface area contributed by atoms with E-state index >= 15 is 0 Å². The van der Waals surface area contributed by atoms with Crippen molar-refractivity contribution in [1.82, 2.24) is 9.88 Å². The summed E-state index contributed by atoms with van der Waals surface area (Å²) >= 11 is 0. The number of para-hydroxylation sites is 2. The molecule has 3 aliphatic rings. The maximum absolute atomic E-state index is 5.35. The number of nitrogens with one attached hydrogen (secondary N) is 1. The average Bonchev–Trinajstić information content (AvgIpc) is 3.85. The van der Waals surface area contributed by atoms with Gasteiger partial charge in [0.1, 0.15) is 6.17 Å². The average molecular weight is 799 g/mol. The predicted octanol–water partition coefficient (Wildman–Crippen LogP) is 14.0. The number of benzene rings is 8. The molecular formula is C58H46N4. The molecule has 9 aromatic rings. The van der Waals surface area contributed by atoms with Gasteiger partial charge in [-0.3, -0.25) is 10.3 Å². The molecule has 0 amide bonds. The number of fused-ring (bicyclic) bond motifs is 7. The predicted molar refractivity (Wildman–Crippen MR) is 259 cm³/mol. The molecule has 0 saturated carbocycles. The zero-order valence-electron chi connectivity index (χ0n) is 34.9. The Morgan fingerprint density at radius 1 is 0.597 bits per heavy atom. The summed E-state index contributed by atoms with van der Waals surface area (Å²) in [6, 6.07) is 71.0. The molecule has 1 aromatic heterocycles. The number of anilines is 2. The lowest BCUT2D eigenvalue weighted by molar-refractivity contribution is 0.313. The van der Waals surface area contributed by atoms with Crippen molar-refractivity contribution in [2.45, 2.75) is 38.0 Å². The highest BCUT2D eigenvalue weighted by atomic mass is 15.2. The monoisotopic (exact) mass is 798 g/mol. The molecule has 4 atom stereocenters. The van der Waals surface area contributed by atoms with Crippen molar-refractivity contribution in [3.63, 3.8) is 0 Å². The molecule has 2 aliphatic heterocycles. The van der Waals surface area contributed by atoms with Gasteiger partial charge >= 0.3 is 0 Å². The number of hydrogen-bond acceptors (Lipinski definition) is 3. The van der Waals surface area contributed by atoms with Crippen LogP contribution in [0, 0.1) is 5.92 Å². The second kappa shape index (κ2) is 14.4. The second-order valence-electron chi connectivity index (χ2n) is 17.5. The van der Waals surface area contributed by atoms with Gasteiger partial charge in [0.05, 0.1) is 17.1 Å². The normalized spacial score (nSPS) is 20.8. The van der Waals surface area contributed by atoms with Crippen LogP contribution in [0.15, 0.2) is 211 Å². The van der Waals surface area contributed by atoms with Gasteiger partial charge in [0.15, 0.2) is 0 Å². The first kappa shape index (κ1) is 36.6. The largest absolute Gasteiger partial charge is 0.332 e. The van der Waals surface area contributed by atoms with Gasteiger partial charge in [-0.25, -0.2) is 0 Å². The highest BCUT2D eigenvalue weighted by Gasteiger charge is 2.40. The summed E-state index contributed by atoms with van der Waals surface area (Å²) in [5.74, 6) is 0.282. The topological polar surface area (TPSA) is 32.6 Å². The van der Waals surface area contributed by atoms with E-state index in [-0.39, 0.29) is 23.7 Å². The van der Waals surface area contributed by atoms with E-state index in [1.807, 2.05) is 0 Å². The molecule has 3 heterocycles. The van der Waals surface area contributed by atoms with Crippen molar-refractivity contribution in [2.75, 3.05) is 4.90 Å². The molecule has 4 nitrogen and oxygen atoms in total. The van der Waals surface area contributed by atoms with Gasteiger partial charge < -0.3 is 9.47 Å². The summed E-state index contributed by atoms with van der Waals surface area (Å²) < 4.78 is 2.42. The van der Waals surface area contributed by atoms with Crippen molar-refractivity contribution in [3.8, 4) is 5.69 Å². The highest BCUT2D eigenvalue weighted by molar-refractivity contribution is 6.11. The quantitative estimate of drug-likeness (QED) is 0.182. The highest BCUT2D eigenvalue weighted by Crippen LogP contribution is 2.52. The van der Waals surface area contributed by atoms with Crippen LogP contribution in [0.5, 0.6) is 0 Å². The van der Waals surface area contributed by atoms with Crippen molar-refractivity contribution in [3.05, 3.63) is 234 Å². The van der Waals surface area contributed by atoms with Crippen LogP contribution in [0.25, 0.3) is 49.4 Å². The Morgan fingerprint density at radius 3 is 2.11 bits per heavy atom. The third kappa shape index (κ3) is 5.89. The molecule has 1 aliphatic carbocycles. The minimum atomic E-state index is -0.276. The van der Waals surface area contributed by atoms with E-state index in [1.165, 1.54) is 77.4 Å². The van der Waals surface area contributed by atoms with Gasteiger partial charge in [-0.15, -0.1) is 0 Å². The molecule has 4 unspecified atom stereocenters. The van der Waals surface area contributed by atoms with Crippen LogP contribution >= 0.6 is 0 Å². The van der Waals surface area contributed by atoms with Crippen molar-refractivity contribution >= 4 is 60.8 Å². The minimum absolute atomic E-state index is 0.190. The fraction of sp³-hybridized carbons (Fsp3) is 0.121. The van der Waals surface area contributed by atoms with Crippen LogP contribution in [-0.4, -0.2) is 16.3 Å². The van der Waals surface area contributed by atoms with Gasteiger partial charge in [-0.1, -0.05) is 165 Å². The molecule has 0 spiro atoms. The number of aromatic nitrogens is 1. The summed E-state index contributed by atoms with van der Waals surface area (Å²) in [6.45, 7) is 4.69. The second-order valence-corrected chi connectivity index (χ2v) is 17.5. The molecule has 1 N–H and O–H groups in total. The Labute approximate surface area is 362 Å². The molecule has 0 saturated heterocycles. The maximum Gasteiger partial charge on any atom is 0.126 e. The first-order valence-corrected chi connectivity index (χ1v) is 21.9. The molecule has 0 bridgehead atoms. The minimum Gasteiger partial charge on any atom is -0.332 e. The fourth-order valence-electron chi connectivity index (χ4n) is 10.6. The maximum atomic E-state index is 5.35. The van der Waals surface area contributed by atoms with Crippen molar-refractivity contribution in [1.29, 1.82) is 0 Å². The fourth-order valence-corrected chi connectivity index (χ4v) is 10.6. The summed E-state index contributed by atoms with van der Waals surface area (Å²) in [5, 5.41) is 9.00. The van der Waals surface area contributed by atoms with Gasteiger partial charge in [0.2, 0.25) is 0 Å². The van der Waals surface area contributed by atoms with E-state index < -0.39 is 0 Å². The standard InChI is InChI=1S/C58H46N4/c1-38-34-43(36-50-48-24-12-14-26-54(48)62(56(38)50)52-27-15-19-39-16-9-10-22-46(39)52)42-30-33-55-49(35-42)47-23-11-13-25-53(47)61(55)45-31-28-41(29-32-45)57-59-51(40-17-5-3-6-18-40)37-58(2,60-57)44-20-7-4-8-21-44/h3-36,38,56-57,60H,37H2,1-2H3. The van der Waals surface area contributed by atoms with Crippen LogP contribution < -0.4 is 10.2 Å². The Hall–Kier alpha value is -7.27. The molecule has 0 radical (unpaired) electrons. The Bertz CT molecular complexity index is 3280. The molecule has 4 heteroatoms. The third-order valence-electron chi connectivity index (χ3n) is 13.6. The van der Waals surface area contributed by atoms with E-state index in [0.717, 1.165) is 23.4 Å². The first-order valence-electron chi connectivity index (χ1n) is 21.9. The zero-order valence-corrected chi connectivity index (χ0v) is 34.9. The summed E-state index contributed by atoms with van der Waals surface area (Å²) in [7, 11) is 0. The summed E-state index contributed by atoms with van der Waals surface area (Å²) in [4.78, 5) is 7.93. The Morgan fingerprint density at radius 2 is 1.27 bits per heavy atom. The lowest BCUT2D eigenvalue weighted by Crippen LogP contribution is -2.46. The van der Waals surface area contributed by atoms with Gasteiger partial charge in [-0.2, -0.15) is 0 Å². The molecule has 12 rings (SSSR count). The first-order chi connectivity index (χ1) is 30.5. The molecule has 8 aromatic carbocycles. The molecule has 298 valence electrons. The van der Waals surface area contributed by atoms with Crippen LogP contribution in [0.4, 0.5) is 11.4 Å². The van der Waals surface area contributed by atoms with E-state index in [1.54, 1.807) is 0 Å². The number of aliphatic imine (C=N–C) groups is 1. The molecular weight excluding hydrogens is 753 g/mol. The lowest BCUT2D eigenvalue weighted by atomic mass is 9.82. The van der Waals surface area contributed by atoms with Crippen LogP contribution in [0.2, 0.25) is 0 Å². The number of rotatable bonds is 6. The van der Waals surface area contributed by atoms with E-state index in [0.29, 0.717) is 0 Å². The SMILES string of the molecule is CC1C=C(c2ccc3c(c2)c2ccccc2n3-c2ccc(C3N=C(c4ccccc4)CC(C)(c4ccccc4)N3)cc2)C=C2c3ccccc3N(c3cccc4ccccc34)C21. The van der Waals surface area contributed by atoms with E-state index in [4.69, 9.17) is 4.99 Å². The molecule has 0 fully saturated rings.